The van der Waals surface area contributed by atoms with Gasteiger partial charge in [0.1, 0.15) is 0 Å². The Bertz CT molecular complexity index is 310. The van der Waals surface area contributed by atoms with Gasteiger partial charge in [0, 0.05) is 18.8 Å². The van der Waals surface area contributed by atoms with E-state index >= 15 is 0 Å². The van der Waals surface area contributed by atoms with Crippen molar-refractivity contribution in [3.05, 3.63) is 0 Å². The summed E-state index contributed by atoms with van der Waals surface area (Å²) in [5.41, 5.74) is 0.439. The molecule has 1 fully saturated rings. The van der Waals surface area contributed by atoms with Crippen LogP contribution in [0.3, 0.4) is 0 Å². The zero-order valence-corrected chi connectivity index (χ0v) is 13.9. The first-order valence-electron chi connectivity index (χ1n) is 8.31. The number of aliphatic imine (C=N–C) groups is 1. The van der Waals surface area contributed by atoms with E-state index in [2.05, 4.69) is 19.2 Å². The van der Waals surface area contributed by atoms with Crippen molar-refractivity contribution in [3.8, 4) is 0 Å². The van der Waals surface area contributed by atoms with Crippen molar-refractivity contribution in [1.29, 1.82) is 0 Å². The molecule has 4 heteroatoms. The van der Waals surface area contributed by atoms with Crippen LogP contribution in [0, 0.1) is 5.41 Å². The second-order valence-electron chi connectivity index (χ2n) is 6.17. The first-order chi connectivity index (χ1) is 9.78. The SMILES string of the molecule is CCC1(CC)CN=C(NCCOC2CCCCC2)SC1. The Kier molecular flexibility index (Phi) is 6.69. The summed E-state index contributed by atoms with van der Waals surface area (Å²) in [5, 5.41) is 4.56. The summed E-state index contributed by atoms with van der Waals surface area (Å²) < 4.78 is 5.93. The molecular weight excluding hydrogens is 268 g/mol. The van der Waals surface area contributed by atoms with Crippen LogP contribution in [0.15, 0.2) is 4.99 Å². The zero-order chi connectivity index (χ0) is 14.3. The normalized spacial score (nSPS) is 23.4. The number of thioether (sulfide) groups is 1. The molecule has 0 radical (unpaired) electrons. The highest BCUT2D eigenvalue weighted by molar-refractivity contribution is 8.13. The summed E-state index contributed by atoms with van der Waals surface area (Å²) in [4.78, 5) is 4.72. The van der Waals surface area contributed by atoms with E-state index in [9.17, 15) is 0 Å². The molecule has 0 aromatic rings. The Morgan fingerprint density at radius 1 is 1.25 bits per heavy atom. The van der Waals surface area contributed by atoms with Gasteiger partial charge < -0.3 is 10.1 Å². The summed E-state index contributed by atoms with van der Waals surface area (Å²) in [7, 11) is 0. The highest BCUT2D eigenvalue weighted by Gasteiger charge is 2.29. The Morgan fingerprint density at radius 2 is 2.00 bits per heavy atom. The van der Waals surface area contributed by atoms with E-state index in [0.29, 0.717) is 11.5 Å². The molecule has 0 aromatic heterocycles. The highest BCUT2D eigenvalue weighted by Crippen LogP contribution is 2.34. The summed E-state index contributed by atoms with van der Waals surface area (Å²) in [5.74, 6) is 1.20. The van der Waals surface area contributed by atoms with E-state index < -0.39 is 0 Å². The molecule has 0 saturated heterocycles. The molecular formula is C16H30N2OS. The zero-order valence-electron chi connectivity index (χ0n) is 13.1. The van der Waals surface area contributed by atoms with E-state index in [1.807, 2.05) is 11.8 Å². The molecule has 3 nitrogen and oxygen atoms in total. The van der Waals surface area contributed by atoms with Crippen LogP contribution in [0.2, 0.25) is 0 Å². The van der Waals surface area contributed by atoms with Crippen LogP contribution < -0.4 is 5.32 Å². The fraction of sp³-hybridized carbons (Fsp3) is 0.938. The molecule has 0 amide bonds. The lowest BCUT2D eigenvalue weighted by molar-refractivity contribution is 0.0319. The number of rotatable bonds is 6. The van der Waals surface area contributed by atoms with Gasteiger partial charge in [-0.15, -0.1) is 0 Å². The Balaban J connectivity index is 1.61. The van der Waals surface area contributed by atoms with Gasteiger partial charge in [-0.2, -0.15) is 0 Å². The maximum Gasteiger partial charge on any atom is 0.156 e. The van der Waals surface area contributed by atoms with Crippen molar-refractivity contribution >= 4 is 16.9 Å². The Hall–Kier alpha value is -0.220. The average molecular weight is 298 g/mol. The number of nitrogens with zero attached hydrogens (tertiary/aromatic N) is 1. The molecule has 116 valence electrons. The lowest BCUT2D eigenvalue weighted by Crippen LogP contribution is -2.36. The van der Waals surface area contributed by atoms with Crippen molar-refractivity contribution < 1.29 is 4.74 Å². The van der Waals surface area contributed by atoms with Crippen LogP contribution in [-0.4, -0.2) is 36.7 Å². The molecule has 0 aromatic carbocycles. The molecule has 1 aliphatic carbocycles. The van der Waals surface area contributed by atoms with Gasteiger partial charge in [0.15, 0.2) is 5.17 Å². The molecule has 1 N–H and O–H groups in total. The van der Waals surface area contributed by atoms with Crippen molar-refractivity contribution in [1.82, 2.24) is 5.32 Å². The van der Waals surface area contributed by atoms with E-state index in [4.69, 9.17) is 9.73 Å². The smallest absolute Gasteiger partial charge is 0.156 e. The predicted octanol–water partition coefficient (Wildman–Crippen LogP) is 3.83. The van der Waals surface area contributed by atoms with Crippen LogP contribution >= 0.6 is 11.8 Å². The maximum absolute atomic E-state index is 5.93. The highest BCUT2D eigenvalue weighted by atomic mass is 32.2. The van der Waals surface area contributed by atoms with Crippen molar-refractivity contribution in [2.75, 3.05) is 25.4 Å². The lowest BCUT2D eigenvalue weighted by Gasteiger charge is -2.33. The number of nitrogens with one attached hydrogen (secondary N) is 1. The topological polar surface area (TPSA) is 33.6 Å². The monoisotopic (exact) mass is 298 g/mol. The number of hydrogen-bond donors (Lipinski definition) is 1. The minimum absolute atomic E-state index is 0.439. The Labute approximate surface area is 128 Å². The van der Waals surface area contributed by atoms with Crippen LogP contribution in [0.1, 0.15) is 58.8 Å². The maximum atomic E-state index is 5.93. The van der Waals surface area contributed by atoms with Crippen LogP contribution in [0.25, 0.3) is 0 Å². The third kappa shape index (κ3) is 4.66. The number of hydrogen-bond acceptors (Lipinski definition) is 4. The molecule has 1 heterocycles. The van der Waals surface area contributed by atoms with Gasteiger partial charge in [-0.3, -0.25) is 4.99 Å². The van der Waals surface area contributed by atoms with E-state index in [1.165, 1.54) is 50.7 Å². The van der Waals surface area contributed by atoms with E-state index in [1.54, 1.807) is 0 Å². The van der Waals surface area contributed by atoms with Gasteiger partial charge in [-0.1, -0.05) is 44.9 Å². The van der Waals surface area contributed by atoms with Crippen LogP contribution in [0.5, 0.6) is 0 Å². The van der Waals surface area contributed by atoms with E-state index in [-0.39, 0.29) is 0 Å². The minimum atomic E-state index is 0.439. The van der Waals surface area contributed by atoms with Gasteiger partial charge in [0.2, 0.25) is 0 Å². The molecule has 1 aliphatic heterocycles. The van der Waals surface area contributed by atoms with Gasteiger partial charge >= 0.3 is 0 Å². The van der Waals surface area contributed by atoms with Gasteiger partial charge in [-0.05, 0) is 31.1 Å². The largest absolute Gasteiger partial charge is 0.376 e. The van der Waals surface area contributed by atoms with Crippen molar-refractivity contribution in [2.45, 2.75) is 64.9 Å². The number of amidine groups is 1. The first-order valence-corrected chi connectivity index (χ1v) is 9.29. The molecule has 2 rings (SSSR count). The number of ether oxygens (including phenoxy) is 1. The molecule has 1 saturated carbocycles. The molecule has 0 unspecified atom stereocenters. The Morgan fingerprint density at radius 3 is 2.60 bits per heavy atom. The van der Waals surface area contributed by atoms with E-state index in [0.717, 1.165) is 24.9 Å². The van der Waals surface area contributed by atoms with Crippen molar-refractivity contribution in [3.63, 3.8) is 0 Å². The fourth-order valence-electron chi connectivity index (χ4n) is 2.95. The molecule has 0 spiro atoms. The van der Waals surface area contributed by atoms with Crippen LogP contribution in [-0.2, 0) is 4.74 Å². The van der Waals surface area contributed by atoms with Crippen molar-refractivity contribution in [2.24, 2.45) is 10.4 Å². The standard InChI is InChI=1S/C16H30N2OS/c1-3-16(4-2)12-18-15(20-13-16)17-10-11-19-14-8-6-5-7-9-14/h14H,3-13H2,1-2H3,(H,17,18). The summed E-state index contributed by atoms with van der Waals surface area (Å²) >= 11 is 1.89. The van der Waals surface area contributed by atoms with Crippen LogP contribution in [0.4, 0.5) is 0 Å². The van der Waals surface area contributed by atoms with Gasteiger partial charge in [0.25, 0.3) is 0 Å². The molecule has 0 atom stereocenters. The quantitative estimate of drug-likeness (QED) is 0.757. The molecule has 2 aliphatic rings. The second kappa shape index (κ2) is 8.28. The fourth-order valence-corrected chi connectivity index (χ4v) is 4.25. The summed E-state index contributed by atoms with van der Waals surface area (Å²) in [6.45, 7) is 7.27. The minimum Gasteiger partial charge on any atom is -0.376 e. The summed E-state index contributed by atoms with van der Waals surface area (Å²) in [6, 6.07) is 0. The average Bonchev–Trinajstić information content (AvgIpc) is 2.53. The predicted molar refractivity (Wildman–Crippen MR) is 88.6 cm³/mol. The molecule has 20 heavy (non-hydrogen) atoms. The third-order valence-corrected chi connectivity index (χ3v) is 6.16. The van der Waals surface area contributed by atoms with Gasteiger partial charge in [-0.25, -0.2) is 0 Å². The first kappa shape index (κ1) is 16.2. The lowest BCUT2D eigenvalue weighted by atomic mass is 9.84. The second-order valence-corrected chi connectivity index (χ2v) is 7.14. The third-order valence-electron chi connectivity index (χ3n) is 4.86. The molecule has 0 bridgehead atoms. The summed E-state index contributed by atoms with van der Waals surface area (Å²) in [6.07, 6.45) is 9.57. The van der Waals surface area contributed by atoms with Gasteiger partial charge in [0.05, 0.1) is 12.7 Å².